The number of carbonyl (C=O) groups is 1. The lowest BCUT2D eigenvalue weighted by atomic mass is 10.1. The van der Waals surface area contributed by atoms with Crippen molar-refractivity contribution in [3.63, 3.8) is 0 Å². The van der Waals surface area contributed by atoms with Crippen LogP contribution in [0.1, 0.15) is 29.8 Å². The molecule has 0 bridgehead atoms. The van der Waals surface area contributed by atoms with E-state index < -0.39 is 10.0 Å². The second-order valence-corrected chi connectivity index (χ2v) is 9.17. The van der Waals surface area contributed by atoms with E-state index >= 15 is 0 Å². The molecule has 0 aromatic carbocycles. The van der Waals surface area contributed by atoms with E-state index in [0.29, 0.717) is 25.3 Å². The van der Waals surface area contributed by atoms with E-state index in [1.54, 1.807) is 20.1 Å². The van der Waals surface area contributed by atoms with Gasteiger partial charge in [0.1, 0.15) is 5.69 Å². The van der Waals surface area contributed by atoms with Crippen LogP contribution in [0.15, 0.2) is 10.9 Å². The zero-order valence-electron chi connectivity index (χ0n) is 13.9. The van der Waals surface area contributed by atoms with Gasteiger partial charge >= 0.3 is 0 Å². The number of amides is 1. The molecule has 1 amide bonds. The molecule has 2 aliphatic rings. The summed E-state index contributed by atoms with van der Waals surface area (Å²) in [7, 11) is -3.27. The summed E-state index contributed by atoms with van der Waals surface area (Å²) in [6.45, 7) is 4.27. The third kappa shape index (κ3) is 4.14. The lowest BCUT2D eigenvalue weighted by Crippen LogP contribution is -2.63. The van der Waals surface area contributed by atoms with Gasteiger partial charge in [-0.25, -0.2) is 13.4 Å². The summed E-state index contributed by atoms with van der Waals surface area (Å²) < 4.78 is 25.8. The maximum atomic E-state index is 12.2. The van der Waals surface area contributed by atoms with Gasteiger partial charge in [0.2, 0.25) is 10.0 Å². The second kappa shape index (κ2) is 7.47. The van der Waals surface area contributed by atoms with Crippen molar-refractivity contribution in [1.29, 1.82) is 0 Å². The van der Waals surface area contributed by atoms with Gasteiger partial charge < -0.3 is 9.80 Å². The molecule has 9 heteroatoms. The number of piperidine rings is 1. The number of hydrogen-bond acceptors (Lipinski definition) is 6. The molecule has 1 aromatic heterocycles. The van der Waals surface area contributed by atoms with Crippen LogP contribution >= 0.6 is 11.3 Å². The topological polar surface area (TPSA) is 73.8 Å². The second-order valence-electron chi connectivity index (χ2n) is 6.51. The third-order valence-corrected chi connectivity index (χ3v) is 6.64. The highest BCUT2D eigenvalue weighted by molar-refractivity contribution is 7.88. The molecular formula is C15H24N4O3S2. The predicted octanol–water partition coefficient (Wildman–Crippen LogP) is 0.715. The minimum atomic E-state index is -3.27. The zero-order valence-corrected chi connectivity index (χ0v) is 15.6. The van der Waals surface area contributed by atoms with Gasteiger partial charge in [0, 0.05) is 31.6 Å². The fraction of sp³-hybridized carbons (Fsp3) is 0.733. The number of rotatable bonds is 6. The Hall–Kier alpha value is -1.03. The number of carbonyl (C=O) groups excluding carboxylic acids is 1. The van der Waals surface area contributed by atoms with Gasteiger partial charge in [-0.1, -0.05) is 6.42 Å². The van der Waals surface area contributed by atoms with Crippen molar-refractivity contribution >= 4 is 27.3 Å². The number of hydrogen-bond donors (Lipinski definition) is 0. The number of aromatic nitrogens is 1. The van der Waals surface area contributed by atoms with Crippen molar-refractivity contribution in [2.45, 2.75) is 25.3 Å². The molecule has 0 aliphatic carbocycles. The monoisotopic (exact) mass is 372 g/mol. The van der Waals surface area contributed by atoms with Crippen LogP contribution in [0.3, 0.4) is 0 Å². The Labute approximate surface area is 147 Å². The minimum absolute atomic E-state index is 0.114. The molecule has 0 N–H and O–H groups in total. The molecule has 2 aliphatic heterocycles. The summed E-state index contributed by atoms with van der Waals surface area (Å²) in [5, 5.41) is 1.72. The maximum absolute atomic E-state index is 12.2. The quantitative estimate of drug-likeness (QED) is 0.735. The van der Waals surface area contributed by atoms with Crippen LogP contribution in [0.2, 0.25) is 0 Å². The molecule has 2 saturated heterocycles. The molecule has 0 spiro atoms. The number of nitrogens with zero attached hydrogens (tertiary/aromatic N) is 4. The van der Waals surface area contributed by atoms with Crippen molar-refractivity contribution in [3.8, 4) is 0 Å². The Kier molecular flexibility index (Phi) is 5.53. The molecule has 3 heterocycles. The summed E-state index contributed by atoms with van der Waals surface area (Å²) in [5.41, 5.74) is 2.07. The summed E-state index contributed by atoms with van der Waals surface area (Å²) in [4.78, 5) is 20.2. The van der Waals surface area contributed by atoms with Crippen LogP contribution < -0.4 is 0 Å². The van der Waals surface area contributed by atoms with E-state index in [1.807, 2.05) is 0 Å². The van der Waals surface area contributed by atoms with E-state index in [4.69, 9.17) is 0 Å². The smallest absolute Gasteiger partial charge is 0.273 e. The fourth-order valence-electron chi connectivity index (χ4n) is 3.33. The Balaban J connectivity index is 1.55. The zero-order chi connectivity index (χ0) is 17.2. The summed E-state index contributed by atoms with van der Waals surface area (Å²) in [6.07, 6.45) is 4.91. The summed E-state index contributed by atoms with van der Waals surface area (Å²) in [5.74, 6) is -0.114. The first kappa shape index (κ1) is 17.8. The van der Waals surface area contributed by atoms with Crippen molar-refractivity contribution < 1.29 is 13.2 Å². The molecule has 0 unspecified atom stereocenters. The SMILES string of the molecule is CS(=O)(=O)N(CCN1CCCCC1)C1CN(C(=O)c2cscn2)C1. The van der Waals surface area contributed by atoms with Crippen LogP contribution in [-0.4, -0.2) is 85.0 Å². The maximum Gasteiger partial charge on any atom is 0.273 e. The minimum Gasteiger partial charge on any atom is -0.334 e. The van der Waals surface area contributed by atoms with Crippen molar-refractivity contribution in [2.75, 3.05) is 45.5 Å². The first-order chi connectivity index (χ1) is 11.4. The van der Waals surface area contributed by atoms with Crippen molar-refractivity contribution in [3.05, 3.63) is 16.6 Å². The van der Waals surface area contributed by atoms with Crippen LogP contribution in [0.5, 0.6) is 0 Å². The van der Waals surface area contributed by atoms with Gasteiger partial charge in [0.15, 0.2) is 0 Å². The Morgan fingerprint density at radius 3 is 2.62 bits per heavy atom. The first-order valence-corrected chi connectivity index (χ1v) is 11.1. The van der Waals surface area contributed by atoms with Gasteiger partial charge in [-0.3, -0.25) is 4.79 Å². The number of likely N-dealkylation sites (tertiary alicyclic amines) is 2. The molecule has 134 valence electrons. The molecule has 0 saturated carbocycles. The van der Waals surface area contributed by atoms with E-state index in [1.165, 1.54) is 36.9 Å². The van der Waals surface area contributed by atoms with Crippen molar-refractivity contribution in [1.82, 2.24) is 19.1 Å². The van der Waals surface area contributed by atoms with E-state index in [0.717, 1.165) is 19.6 Å². The van der Waals surface area contributed by atoms with E-state index in [2.05, 4.69) is 9.88 Å². The molecule has 0 radical (unpaired) electrons. The third-order valence-electron chi connectivity index (χ3n) is 4.72. The standard InChI is InChI=1S/C15H24N4O3S2/c1-24(21,22)19(8-7-17-5-3-2-4-6-17)13-9-18(10-13)15(20)14-11-23-12-16-14/h11-13H,2-10H2,1H3. The van der Waals surface area contributed by atoms with Gasteiger partial charge in [-0.2, -0.15) is 4.31 Å². The molecular weight excluding hydrogens is 348 g/mol. The summed E-state index contributed by atoms with van der Waals surface area (Å²) in [6, 6.07) is -0.118. The molecule has 3 rings (SSSR count). The Bertz CT molecular complexity index is 650. The van der Waals surface area contributed by atoms with Crippen LogP contribution in [-0.2, 0) is 10.0 Å². The van der Waals surface area contributed by atoms with Gasteiger partial charge in [0.25, 0.3) is 5.91 Å². The largest absolute Gasteiger partial charge is 0.334 e. The predicted molar refractivity (Wildman–Crippen MR) is 93.6 cm³/mol. The normalized spacial score (nSPS) is 20.3. The lowest BCUT2D eigenvalue weighted by Gasteiger charge is -2.44. The Morgan fingerprint density at radius 2 is 2.04 bits per heavy atom. The molecule has 7 nitrogen and oxygen atoms in total. The molecule has 2 fully saturated rings. The average molecular weight is 373 g/mol. The summed E-state index contributed by atoms with van der Waals surface area (Å²) >= 11 is 1.38. The van der Waals surface area contributed by atoms with Crippen LogP contribution in [0.4, 0.5) is 0 Å². The number of thiazole rings is 1. The van der Waals surface area contributed by atoms with E-state index in [9.17, 15) is 13.2 Å². The number of sulfonamides is 1. The Morgan fingerprint density at radius 1 is 1.33 bits per heavy atom. The highest BCUT2D eigenvalue weighted by atomic mass is 32.2. The van der Waals surface area contributed by atoms with Crippen LogP contribution in [0.25, 0.3) is 0 Å². The fourth-order valence-corrected chi connectivity index (χ4v) is 4.94. The highest BCUT2D eigenvalue weighted by Gasteiger charge is 2.39. The van der Waals surface area contributed by atoms with Crippen LogP contribution in [0, 0.1) is 0 Å². The molecule has 0 atom stereocenters. The van der Waals surface area contributed by atoms with E-state index in [-0.39, 0.29) is 11.9 Å². The van der Waals surface area contributed by atoms with Gasteiger partial charge in [0.05, 0.1) is 17.8 Å². The van der Waals surface area contributed by atoms with Gasteiger partial charge in [-0.15, -0.1) is 11.3 Å². The van der Waals surface area contributed by atoms with Crippen molar-refractivity contribution in [2.24, 2.45) is 0 Å². The molecule has 1 aromatic rings. The first-order valence-electron chi connectivity index (χ1n) is 8.32. The van der Waals surface area contributed by atoms with Gasteiger partial charge in [-0.05, 0) is 25.9 Å². The highest BCUT2D eigenvalue weighted by Crippen LogP contribution is 2.20. The average Bonchev–Trinajstić information content (AvgIpc) is 3.03. The molecule has 24 heavy (non-hydrogen) atoms. The lowest BCUT2D eigenvalue weighted by molar-refractivity contribution is 0.0432.